The molecule has 1 aromatic heterocycles. The molecule has 0 aliphatic heterocycles. The van der Waals surface area contributed by atoms with Crippen molar-refractivity contribution in [1.82, 2.24) is 15.8 Å². The predicted octanol–water partition coefficient (Wildman–Crippen LogP) is -5.04. The molecule has 0 aliphatic rings. The molecular formula is C23H21Cl2N5NiO4-2. The molecule has 0 saturated heterocycles. The van der Waals surface area contributed by atoms with E-state index in [1.54, 1.807) is 56.3 Å². The van der Waals surface area contributed by atoms with Gasteiger partial charge < -0.3 is 35.0 Å². The maximum Gasteiger partial charge on any atom is 0.441 e. The largest absolute Gasteiger partial charge is 1.00 e. The summed E-state index contributed by atoms with van der Waals surface area (Å²) in [4.78, 5) is 24.6. The first-order chi connectivity index (χ1) is 15.4. The first kappa shape index (κ1) is 31.5. The number of nitrogens with one attached hydrogen (secondary N) is 2. The third kappa shape index (κ3) is 8.36. The molecule has 0 aliphatic carbocycles. The Balaban J connectivity index is 0.00000385. The second-order valence-electron chi connectivity index (χ2n) is 6.72. The van der Waals surface area contributed by atoms with Crippen molar-refractivity contribution in [1.29, 1.82) is 0 Å². The van der Waals surface area contributed by atoms with E-state index in [9.17, 15) is 19.8 Å². The monoisotopic (exact) mass is 559 g/mol. The fourth-order valence-electron chi connectivity index (χ4n) is 2.67. The van der Waals surface area contributed by atoms with E-state index < -0.39 is 0 Å². The molecule has 0 fully saturated rings. The van der Waals surface area contributed by atoms with Gasteiger partial charge in [0.15, 0.2) is 0 Å². The quantitative estimate of drug-likeness (QED) is 0.134. The summed E-state index contributed by atoms with van der Waals surface area (Å²) in [5, 5.41) is 31.7. The van der Waals surface area contributed by atoms with Crippen molar-refractivity contribution >= 4 is 23.2 Å². The van der Waals surface area contributed by atoms with Crippen molar-refractivity contribution < 1.29 is 61.1 Å². The first-order valence-electron chi connectivity index (χ1n) is 9.60. The van der Waals surface area contributed by atoms with E-state index in [0.717, 1.165) is 0 Å². The third-order valence-corrected chi connectivity index (χ3v) is 4.43. The topological polar surface area (TPSA) is 151 Å². The van der Waals surface area contributed by atoms with Crippen LogP contribution in [0, 0.1) is 0 Å². The summed E-state index contributed by atoms with van der Waals surface area (Å²) in [6.45, 7) is 3.37. The number of pyridine rings is 1. The van der Waals surface area contributed by atoms with Gasteiger partial charge in [-0.3, -0.25) is 9.59 Å². The summed E-state index contributed by atoms with van der Waals surface area (Å²) in [5.41, 5.74) is 7.06. The van der Waals surface area contributed by atoms with Crippen LogP contribution in [-0.4, -0.2) is 37.8 Å². The molecule has 0 spiro atoms. The van der Waals surface area contributed by atoms with Crippen LogP contribution in [0.3, 0.4) is 0 Å². The summed E-state index contributed by atoms with van der Waals surface area (Å²) in [7, 11) is 0. The first-order valence-corrected chi connectivity index (χ1v) is 9.60. The van der Waals surface area contributed by atoms with Gasteiger partial charge in [-0.15, -0.1) is 0 Å². The number of rotatable bonds is 6. The second-order valence-corrected chi connectivity index (χ2v) is 6.72. The Morgan fingerprint density at radius 1 is 0.686 bits per heavy atom. The molecule has 3 aromatic rings. The number of carbonyl (C=O) groups excluding carboxylic acids is 2. The molecule has 0 unspecified atom stereocenters. The molecule has 2 amide bonds. The summed E-state index contributed by atoms with van der Waals surface area (Å²) in [6, 6.07) is 17.3. The van der Waals surface area contributed by atoms with Crippen LogP contribution in [0.4, 0.5) is 0 Å². The van der Waals surface area contributed by atoms with Gasteiger partial charge in [-0.1, -0.05) is 54.0 Å². The van der Waals surface area contributed by atoms with Crippen molar-refractivity contribution in [2.45, 2.75) is 13.8 Å². The number of hydrogen-bond acceptors (Lipinski definition) is 5. The Bertz CT molecular complexity index is 1150. The van der Waals surface area contributed by atoms with Crippen LogP contribution in [0.1, 0.15) is 36.4 Å². The van der Waals surface area contributed by atoms with Crippen LogP contribution in [0.2, 0.25) is 0 Å². The minimum absolute atomic E-state index is 0. The number of nitrogens with zero attached hydrogens (tertiary/aromatic N) is 3. The van der Waals surface area contributed by atoms with Crippen LogP contribution in [0.5, 0.6) is 11.5 Å². The van der Waals surface area contributed by atoms with Gasteiger partial charge in [0, 0.05) is 16.5 Å². The van der Waals surface area contributed by atoms with E-state index >= 15 is 0 Å². The SMILES string of the molecule is C/C(=N\NC(=[OH+])c1ccccc1[O-])c1cccc(/C(C)=N/NC(=[OH+])c2ccccc2[O-])n1.[Cl-].[Cl-].[Ni]. The van der Waals surface area contributed by atoms with E-state index in [1.807, 2.05) is 0 Å². The Kier molecular flexibility index (Phi) is 13.3. The molecule has 3 rings (SSSR count). The molecule has 35 heavy (non-hydrogen) atoms. The molecule has 1 heterocycles. The fourth-order valence-corrected chi connectivity index (χ4v) is 2.67. The standard InChI is InChI=1S/C23H21N5O4.2ClH.Ni/c1-14(25-27-22(31)16-8-3-5-12-20(16)29)18-10-7-11-19(24-18)15(2)26-28-23(32)17-9-4-6-13-21(17)30;;;/h3-13,29-30H,1-2H3,(H,27,31)(H,28,32);2*1H;/p-2/b25-14+,26-15+;;;. The zero-order valence-electron chi connectivity index (χ0n) is 18.5. The van der Waals surface area contributed by atoms with Crippen molar-refractivity contribution in [2.24, 2.45) is 10.2 Å². The zero-order valence-corrected chi connectivity index (χ0v) is 21.0. The summed E-state index contributed by atoms with van der Waals surface area (Å²) >= 11 is 0. The number of benzene rings is 2. The molecule has 9 nitrogen and oxygen atoms in total. The van der Waals surface area contributed by atoms with Crippen molar-refractivity contribution in [3.05, 3.63) is 89.2 Å². The fraction of sp³-hybridized carbons (Fsp3) is 0.0870. The van der Waals surface area contributed by atoms with Gasteiger partial charge in [0.2, 0.25) is 0 Å². The number of aromatic nitrogens is 1. The number of hydrogen-bond donors (Lipinski definition) is 2. The van der Waals surface area contributed by atoms with Gasteiger partial charge in [0.05, 0.1) is 33.9 Å². The maximum absolute atomic E-state index is 11.8. The van der Waals surface area contributed by atoms with E-state index in [4.69, 9.17) is 0 Å². The predicted molar refractivity (Wildman–Crippen MR) is 119 cm³/mol. The summed E-state index contributed by atoms with van der Waals surface area (Å²) < 4.78 is 0. The molecule has 188 valence electrons. The molecule has 0 atom stereocenters. The minimum atomic E-state index is -0.363. The number of hydrazone groups is 2. The Labute approximate surface area is 224 Å². The Hall–Kier alpha value is -3.46. The molecule has 0 radical (unpaired) electrons. The van der Waals surface area contributed by atoms with Crippen molar-refractivity contribution in [3.63, 3.8) is 0 Å². The second kappa shape index (κ2) is 14.7. The summed E-state index contributed by atoms with van der Waals surface area (Å²) in [6.07, 6.45) is 0. The molecule has 12 heteroatoms. The zero-order chi connectivity index (χ0) is 23.1. The van der Waals surface area contributed by atoms with Crippen LogP contribution in [0.15, 0.2) is 76.9 Å². The van der Waals surface area contributed by atoms with Gasteiger partial charge >= 0.3 is 11.8 Å². The number of para-hydroxylation sites is 2. The molecular weight excluding hydrogens is 540 g/mol. The van der Waals surface area contributed by atoms with Crippen LogP contribution in [-0.2, 0) is 16.5 Å². The number of amides is 2. The van der Waals surface area contributed by atoms with Gasteiger partial charge in [-0.25, -0.2) is 4.98 Å². The summed E-state index contributed by atoms with van der Waals surface area (Å²) in [5.74, 6) is -1.38. The molecule has 2 aromatic carbocycles. The van der Waals surface area contributed by atoms with E-state index in [-0.39, 0.29) is 75.7 Å². The van der Waals surface area contributed by atoms with Gasteiger partial charge in [-0.2, -0.15) is 21.1 Å². The van der Waals surface area contributed by atoms with Crippen molar-refractivity contribution in [3.8, 4) is 11.5 Å². The smallest absolute Gasteiger partial charge is 0.441 e. The Morgan fingerprint density at radius 3 is 1.43 bits per heavy atom. The number of halogens is 2. The van der Waals surface area contributed by atoms with Gasteiger partial charge in [0.1, 0.15) is 0 Å². The third-order valence-electron chi connectivity index (χ3n) is 4.43. The van der Waals surface area contributed by atoms with E-state index in [2.05, 4.69) is 26.0 Å². The molecule has 0 bridgehead atoms. The van der Waals surface area contributed by atoms with E-state index in [1.165, 1.54) is 24.3 Å². The average Bonchev–Trinajstić information content (AvgIpc) is 2.81. The van der Waals surface area contributed by atoms with Gasteiger partial charge in [-0.05, 0) is 38.1 Å². The maximum atomic E-state index is 11.8. The van der Waals surface area contributed by atoms with Crippen molar-refractivity contribution in [2.75, 3.05) is 0 Å². The Morgan fingerprint density at radius 2 is 1.06 bits per heavy atom. The van der Waals surface area contributed by atoms with Crippen LogP contribution in [0.25, 0.3) is 0 Å². The van der Waals surface area contributed by atoms with Gasteiger partial charge in [0.25, 0.3) is 0 Å². The van der Waals surface area contributed by atoms with Crippen LogP contribution < -0.4 is 45.9 Å². The normalized spacial score (nSPS) is 10.7. The molecule has 0 saturated carbocycles. The van der Waals surface area contributed by atoms with Crippen LogP contribution >= 0.6 is 0 Å². The molecule has 4 N–H and O–H groups in total. The minimum Gasteiger partial charge on any atom is -1.00 e. The average molecular weight is 561 g/mol. The van der Waals surface area contributed by atoms with E-state index in [0.29, 0.717) is 22.8 Å².